The fourth-order valence-electron chi connectivity index (χ4n) is 3.01. The van der Waals surface area contributed by atoms with Crippen LogP contribution >= 0.6 is 0 Å². The molecule has 1 aromatic rings. The molecule has 1 fully saturated rings. The maximum Gasteiger partial charge on any atom is 0.253 e. The lowest BCUT2D eigenvalue weighted by atomic mass is 9.92. The van der Waals surface area contributed by atoms with Gasteiger partial charge in [0, 0.05) is 18.3 Å². The topological polar surface area (TPSA) is 41.1 Å². The van der Waals surface area contributed by atoms with Crippen LogP contribution in [0.25, 0.3) is 0 Å². The Labute approximate surface area is 122 Å². The van der Waals surface area contributed by atoms with Crippen LogP contribution in [0.4, 0.5) is 5.69 Å². The van der Waals surface area contributed by atoms with Crippen LogP contribution in [0.15, 0.2) is 18.2 Å². The molecule has 3 nitrogen and oxygen atoms in total. The molecule has 0 aliphatic heterocycles. The van der Waals surface area contributed by atoms with Gasteiger partial charge < -0.3 is 10.6 Å². The first-order chi connectivity index (χ1) is 9.41. The lowest BCUT2D eigenvalue weighted by Crippen LogP contribution is -2.34. The SMILES string of the molecule is CCNc1ccc(C)cc1C(=O)NC1CCC(C)(C)C1. The van der Waals surface area contributed by atoms with Crippen LogP contribution in [0.1, 0.15) is 56.0 Å². The van der Waals surface area contributed by atoms with Gasteiger partial charge in [0.2, 0.25) is 0 Å². The molecule has 2 N–H and O–H groups in total. The number of benzene rings is 1. The molecule has 1 amide bonds. The quantitative estimate of drug-likeness (QED) is 0.878. The van der Waals surface area contributed by atoms with E-state index in [-0.39, 0.29) is 5.91 Å². The molecule has 0 spiro atoms. The van der Waals surface area contributed by atoms with E-state index >= 15 is 0 Å². The Morgan fingerprint density at radius 2 is 2.15 bits per heavy atom. The van der Waals surface area contributed by atoms with Crippen LogP contribution in [-0.4, -0.2) is 18.5 Å². The summed E-state index contributed by atoms with van der Waals surface area (Å²) < 4.78 is 0. The van der Waals surface area contributed by atoms with Crippen LogP contribution in [0.3, 0.4) is 0 Å². The number of anilines is 1. The van der Waals surface area contributed by atoms with E-state index in [1.54, 1.807) is 0 Å². The molecule has 0 radical (unpaired) electrons. The largest absolute Gasteiger partial charge is 0.385 e. The predicted molar refractivity (Wildman–Crippen MR) is 84.2 cm³/mol. The van der Waals surface area contributed by atoms with Gasteiger partial charge in [0.1, 0.15) is 0 Å². The monoisotopic (exact) mass is 274 g/mol. The average molecular weight is 274 g/mol. The lowest BCUT2D eigenvalue weighted by Gasteiger charge is -2.19. The van der Waals surface area contributed by atoms with Gasteiger partial charge in [0.15, 0.2) is 0 Å². The minimum atomic E-state index is 0.0485. The van der Waals surface area contributed by atoms with E-state index in [2.05, 4.69) is 24.5 Å². The van der Waals surface area contributed by atoms with Crippen LogP contribution in [0.2, 0.25) is 0 Å². The number of nitrogens with one attached hydrogen (secondary N) is 2. The molecule has 0 heterocycles. The van der Waals surface area contributed by atoms with Gasteiger partial charge in [-0.3, -0.25) is 4.79 Å². The van der Waals surface area contributed by atoms with Gasteiger partial charge in [0.25, 0.3) is 5.91 Å². The fourth-order valence-corrected chi connectivity index (χ4v) is 3.01. The van der Waals surface area contributed by atoms with E-state index in [1.807, 2.05) is 32.0 Å². The fraction of sp³-hybridized carbons (Fsp3) is 0.588. The summed E-state index contributed by atoms with van der Waals surface area (Å²) in [6.45, 7) is 9.43. The molecule has 1 saturated carbocycles. The highest BCUT2D eigenvalue weighted by molar-refractivity contribution is 6.00. The first-order valence-electron chi connectivity index (χ1n) is 7.57. The Morgan fingerprint density at radius 3 is 2.75 bits per heavy atom. The van der Waals surface area contributed by atoms with Crippen molar-refractivity contribution < 1.29 is 4.79 Å². The molecule has 110 valence electrons. The molecule has 1 aliphatic carbocycles. The van der Waals surface area contributed by atoms with Crippen molar-refractivity contribution >= 4 is 11.6 Å². The number of aryl methyl sites for hydroxylation is 1. The number of carbonyl (C=O) groups excluding carboxylic acids is 1. The second-order valence-corrected chi connectivity index (χ2v) is 6.66. The molecule has 3 heteroatoms. The van der Waals surface area contributed by atoms with Crippen molar-refractivity contribution in [2.45, 2.75) is 53.0 Å². The van der Waals surface area contributed by atoms with Crippen molar-refractivity contribution in [2.24, 2.45) is 5.41 Å². The predicted octanol–water partition coefficient (Wildman–Crippen LogP) is 3.74. The lowest BCUT2D eigenvalue weighted by molar-refractivity contribution is 0.0936. The standard InChI is InChI=1S/C17H26N2O/c1-5-18-15-7-6-12(2)10-14(15)16(20)19-13-8-9-17(3,4)11-13/h6-7,10,13,18H,5,8-9,11H2,1-4H3,(H,19,20). The summed E-state index contributed by atoms with van der Waals surface area (Å²) in [5.74, 6) is 0.0485. The smallest absolute Gasteiger partial charge is 0.253 e. The van der Waals surface area contributed by atoms with E-state index in [9.17, 15) is 4.79 Å². The van der Waals surface area contributed by atoms with E-state index in [0.29, 0.717) is 11.5 Å². The Bertz CT molecular complexity index is 494. The van der Waals surface area contributed by atoms with Gasteiger partial charge in [-0.1, -0.05) is 25.5 Å². The Kier molecular flexibility index (Phi) is 4.36. The van der Waals surface area contributed by atoms with Crippen molar-refractivity contribution in [2.75, 3.05) is 11.9 Å². The second-order valence-electron chi connectivity index (χ2n) is 6.66. The summed E-state index contributed by atoms with van der Waals surface area (Å²) >= 11 is 0. The number of hydrogen-bond acceptors (Lipinski definition) is 2. The summed E-state index contributed by atoms with van der Waals surface area (Å²) in [6, 6.07) is 6.31. The number of amides is 1. The zero-order valence-electron chi connectivity index (χ0n) is 13.0. The van der Waals surface area contributed by atoms with Crippen molar-refractivity contribution in [1.29, 1.82) is 0 Å². The normalized spacial score (nSPS) is 20.7. The van der Waals surface area contributed by atoms with Gasteiger partial charge >= 0.3 is 0 Å². The summed E-state index contributed by atoms with van der Waals surface area (Å²) in [6.07, 6.45) is 3.34. The first-order valence-corrected chi connectivity index (χ1v) is 7.57. The maximum atomic E-state index is 12.5. The molecule has 1 aliphatic rings. The molecular weight excluding hydrogens is 248 g/mol. The average Bonchev–Trinajstić information content (AvgIpc) is 2.71. The maximum absolute atomic E-state index is 12.5. The minimum Gasteiger partial charge on any atom is -0.385 e. The van der Waals surface area contributed by atoms with Crippen LogP contribution in [0, 0.1) is 12.3 Å². The van der Waals surface area contributed by atoms with Gasteiger partial charge in [-0.15, -0.1) is 0 Å². The summed E-state index contributed by atoms with van der Waals surface area (Å²) in [5, 5.41) is 6.46. The minimum absolute atomic E-state index is 0.0485. The highest BCUT2D eigenvalue weighted by Crippen LogP contribution is 2.37. The molecule has 0 aromatic heterocycles. The summed E-state index contributed by atoms with van der Waals surface area (Å²) in [5.41, 5.74) is 3.16. The Hall–Kier alpha value is -1.51. The zero-order chi connectivity index (χ0) is 14.8. The molecule has 1 aromatic carbocycles. The van der Waals surface area contributed by atoms with Crippen LogP contribution < -0.4 is 10.6 Å². The van der Waals surface area contributed by atoms with Gasteiger partial charge in [-0.25, -0.2) is 0 Å². The highest BCUT2D eigenvalue weighted by Gasteiger charge is 2.32. The molecule has 0 bridgehead atoms. The summed E-state index contributed by atoms with van der Waals surface area (Å²) in [7, 11) is 0. The van der Waals surface area contributed by atoms with Crippen molar-refractivity contribution in [3.8, 4) is 0 Å². The van der Waals surface area contributed by atoms with E-state index < -0.39 is 0 Å². The Balaban J connectivity index is 2.11. The third-order valence-electron chi connectivity index (χ3n) is 4.09. The van der Waals surface area contributed by atoms with Gasteiger partial charge in [-0.2, -0.15) is 0 Å². The third kappa shape index (κ3) is 3.53. The Morgan fingerprint density at radius 1 is 1.40 bits per heavy atom. The summed E-state index contributed by atoms with van der Waals surface area (Å²) in [4.78, 5) is 12.5. The number of rotatable bonds is 4. The molecular formula is C17H26N2O. The van der Waals surface area contributed by atoms with Crippen molar-refractivity contribution in [3.05, 3.63) is 29.3 Å². The molecule has 1 atom stereocenters. The molecule has 1 unspecified atom stereocenters. The zero-order valence-corrected chi connectivity index (χ0v) is 13.0. The molecule has 2 rings (SSSR count). The number of carbonyl (C=O) groups is 1. The highest BCUT2D eigenvalue weighted by atomic mass is 16.1. The second kappa shape index (κ2) is 5.86. The van der Waals surface area contributed by atoms with Gasteiger partial charge in [-0.05, 0) is 50.7 Å². The van der Waals surface area contributed by atoms with Crippen LogP contribution in [0.5, 0.6) is 0 Å². The third-order valence-corrected chi connectivity index (χ3v) is 4.09. The van der Waals surface area contributed by atoms with Crippen molar-refractivity contribution in [1.82, 2.24) is 5.32 Å². The van der Waals surface area contributed by atoms with E-state index in [1.165, 1.54) is 6.42 Å². The first kappa shape index (κ1) is 14.9. The van der Waals surface area contributed by atoms with Crippen LogP contribution in [-0.2, 0) is 0 Å². The van der Waals surface area contributed by atoms with Crippen molar-refractivity contribution in [3.63, 3.8) is 0 Å². The van der Waals surface area contributed by atoms with E-state index in [4.69, 9.17) is 0 Å². The van der Waals surface area contributed by atoms with E-state index in [0.717, 1.165) is 36.2 Å². The number of hydrogen-bond donors (Lipinski definition) is 2. The molecule has 0 saturated heterocycles. The van der Waals surface area contributed by atoms with Gasteiger partial charge in [0.05, 0.1) is 5.56 Å². The molecule has 20 heavy (non-hydrogen) atoms.